The van der Waals surface area contributed by atoms with E-state index >= 15 is 0 Å². The quantitative estimate of drug-likeness (QED) is 0.817. The highest BCUT2D eigenvalue weighted by Crippen LogP contribution is 2.23. The zero-order valence-corrected chi connectivity index (χ0v) is 12.3. The Morgan fingerprint density at radius 3 is 3.00 bits per heavy atom. The second-order valence-corrected chi connectivity index (χ2v) is 5.67. The molecule has 1 aromatic rings. The number of pyridine rings is 1. The summed E-state index contributed by atoms with van der Waals surface area (Å²) in [5.41, 5.74) is 1.20. The third-order valence-corrected chi connectivity index (χ3v) is 4.16. The van der Waals surface area contributed by atoms with Crippen LogP contribution in [-0.4, -0.2) is 42.1 Å². The van der Waals surface area contributed by atoms with Crippen LogP contribution in [0.5, 0.6) is 0 Å². The van der Waals surface area contributed by atoms with Crippen LogP contribution in [0.3, 0.4) is 0 Å². The van der Waals surface area contributed by atoms with Crippen LogP contribution in [0.2, 0.25) is 0 Å². The van der Waals surface area contributed by atoms with Gasteiger partial charge in [0.1, 0.15) is 0 Å². The molecule has 106 valence electrons. The zero-order chi connectivity index (χ0) is 13.5. The molecule has 0 radical (unpaired) electrons. The molecule has 0 amide bonds. The summed E-state index contributed by atoms with van der Waals surface area (Å²) in [6.07, 6.45) is 8.14. The number of likely N-dealkylation sites (N-methyl/N-ethyl adjacent to an activating group) is 1. The SMILES string of the molecule is CCCNC1CCC(N(C)CCc2ccccn2)C1. The number of hydrogen-bond donors (Lipinski definition) is 1. The van der Waals surface area contributed by atoms with Crippen LogP contribution < -0.4 is 5.32 Å². The second kappa shape index (κ2) is 7.61. The minimum absolute atomic E-state index is 0.738. The lowest BCUT2D eigenvalue weighted by molar-refractivity contribution is 0.244. The fourth-order valence-corrected chi connectivity index (χ4v) is 2.91. The normalized spacial score (nSPS) is 23.1. The van der Waals surface area contributed by atoms with Gasteiger partial charge in [0.25, 0.3) is 0 Å². The first-order valence-electron chi connectivity index (χ1n) is 7.63. The van der Waals surface area contributed by atoms with Gasteiger partial charge in [-0.05, 0) is 51.4 Å². The molecule has 19 heavy (non-hydrogen) atoms. The van der Waals surface area contributed by atoms with E-state index in [2.05, 4.69) is 41.3 Å². The minimum atomic E-state index is 0.738. The molecule has 0 bridgehead atoms. The lowest BCUT2D eigenvalue weighted by atomic mass is 10.2. The van der Waals surface area contributed by atoms with E-state index < -0.39 is 0 Å². The molecule has 1 saturated carbocycles. The highest BCUT2D eigenvalue weighted by Gasteiger charge is 2.26. The van der Waals surface area contributed by atoms with E-state index in [1.807, 2.05) is 12.3 Å². The summed E-state index contributed by atoms with van der Waals surface area (Å²) in [7, 11) is 2.26. The van der Waals surface area contributed by atoms with Crippen molar-refractivity contribution in [1.82, 2.24) is 15.2 Å². The number of aromatic nitrogens is 1. The molecule has 3 heteroatoms. The Morgan fingerprint density at radius 1 is 1.37 bits per heavy atom. The van der Waals surface area contributed by atoms with Crippen LogP contribution in [0, 0.1) is 0 Å². The topological polar surface area (TPSA) is 28.2 Å². The highest BCUT2D eigenvalue weighted by molar-refractivity contribution is 5.03. The Balaban J connectivity index is 1.71. The van der Waals surface area contributed by atoms with Crippen LogP contribution in [0.15, 0.2) is 24.4 Å². The molecule has 0 saturated heterocycles. The largest absolute Gasteiger partial charge is 0.314 e. The monoisotopic (exact) mass is 261 g/mol. The molecule has 2 atom stereocenters. The lowest BCUT2D eigenvalue weighted by Gasteiger charge is -2.24. The maximum atomic E-state index is 4.39. The van der Waals surface area contributed by atoms with Crippen molar-refractivity contribution >= 4 is 0 Å². The molecule has 0 aromatic carbocycles. The van der Waals surface area contributed by atoms with Crippen LogP contribution in [-0.2, 0) is 6.42 Å². The Kier molecular flexibility index (Phi) is 5.80. The van der Waals surface area contributed by atoms with E-state index in [9.17, 15) is 0 Å². The molecule has 3 nitrogen and oxygen atoms in total. The van der Waals surface area contributed by atoms with Crippen LogP contribution >= 0.6 is 0 Å². The Labute approximate surface area is 117 Å². The molecule has 0 spiro atoms. The number of nitrogens with zero attached hydrogens (tertiary/aromatic N) is 2. The molecule has 1 N–H and O–H groups in total. The number of rotatable bonds is 7. The first-order valence-corrected chi connectivity index (χ1v) is 7.63. The van der Waals surface area contributed by atoms with Gasteiger partial charge in [0.05, 0.1) is 0 Å². The summed E-state index contributed by atoms with van der Waals surface area (Å²) in [6.45, 7) is 4.51. The minimum Gasteiger partial charge on any atom is -0.314 e. The summed E-state index contributed by atoms with van der Waals surface area (Å²) in [5.74, 6) is 0. The van der Waals surface area contributed by atoms with E-state index in [0.29, 0.717) is 0 Å². The van der Waals surface area contributed by atoms with Crippen LogP contribution in [0.4, 0.5) is 0 Å². The van der Waals surface area contributed by atoms with Gasteiger partial charge in [0, 0.05) is 36.9 Å². The van der Waals surface area contributed by atoms with E-state index in [1.165, 1.54) is 31.4 Å². The predicted molar refractivity (Wildman–Crippen MR) is 80.3 cm³/mol. The average Bonchev–Trinajstić information content (AvgIpc) is 2.92. The fraction of sp³-hybridized carbons (Fsp3) is 0.688. The average molecular weight is 261 g/mol. The van der Waals surface area contributed by atoms with Crippen molar-refractivity contribution in [2.24, 2.45) is 0 Å². The van der Waals surface area contributed by atoms with Gasteiger partial charge < -0.3 is 10.2 Å². The smallest absolute Gasteiger partial charge is 0.0416 e. The number of nitrogens with one attached hydrogen (secondary N) is 1. The van der Waals surface area contributed by atoms with Gasteiger partial charge in [-0.1, -0.05) is 13.0 Å². The van der Waals surface area contributed by atoms with E-state index in [-0.39, 0.29) is 0 Å². The molecule has 1 aromatic heterocycles. The summed E-state index contributed by atoms with van der Waals surface area (Å²) < 4.78 is 0. The van der Waals surface area contributed by atoms with Crippen molar-refractivity contribution < 1.29 is 0 Å². The second-order valence-electron chi connectivity index (χ2n) is 5.67. The van der Waals surface area contributed by atoms with Gasteiger partial charge in [0.15, 0.2) is 0 Å². The summed E-state index contributed by atoms with van der Waals surface area (Å²) in [4.78, 5) is 6.91. The summed E-state index contributed by atoms with van der Waals surface area (Å²) >= 11 is 0. The predicted octanol–water partition coefficient (Wildman–Crippen LogP) is 2.48. The van der Waals surface area contributed by atoms with Crippen molar-refractivity contribution in [2.75, 3.05) is 20.1 Å². The molecular formula is C16H27N3. The first-order chi connectivity index (χ1) is 9.29. The van der Waals surface area contributed by atoms with Crippen molar-refractivity contribution in [3.05, 3.63) is 30.1 Å². The van der Waals surface area contributed by atoms with Crippen molar-refractivity contribution in [1.29, 1.82) is 0 Å². The standard InChI is InChI=1S/C16H27N3/c1-3-10-17-15-7-8-16(13-15)19(2)12-9-14-6-4-5-11-18-14/h4-6,11,15-17H,3,7-10,12-13H2,1-2H3. The van der Waals surface area contributed by atoms with Gasteiger partial charge in [-0.25, -0.2) is 0 Å². The van der Waals surface area contributed by atoms with E-state index in [1.54, 1.807) is 0 Å². The Morgan fingerprint density at radius 2 is 2.26 bits per heavy atom. The van der Waals surface area contributed by atoms with E-state index in [4.69, 9.17) is 0 Å². The lowest BCUT2D eigenvalue weighted by Crippen LogP contribution is -2.34. The molecule has 1 aliphatic rings. The van der Waals surface area contributed by atoms with Crippen LogP contribution in [0.1, 0.15) is 38.3 Å². The summed E-state index contributed by atoms with van der Waals surface area (Å²) in [6, 6.07) is 7.66. The van der Waals surface area contributed by atoms with Gasteiger partial charge in [-0.2, -0.15) is 0 Å². The molecule has 1 heterocycles. The van der Waals surface area contributed by atoms with Gasteiger partial charge in [-0.15, -0.1) is 0 Å². The fourth-order valence-electron chi connectivity index (χ4n) is 2.91. The molecule has 2 rings (SSSR count). The van der Waals surface area contributed by atoms with Crippen molar-refractivity contribution in [3.8, 4) is 0 Å². The van der Waals surface area contributed by atoms with Gasteiger partial charge in [-0.3, -0.25) is 4.98 Å². The number of hydrogen-bond acceptors (Lipinski definition) is 3. The van der Waals surface area contributed by atoms with Crippen LogP contribution in [0.25, 0.3) is 0 Å². The van der Waals surface area contributed by atoms with Gasteiger partial charge >= 0.3 is 0 Å². The maximum absolute atomic E-state index is 4.39. The van der Waals surface area contributed by atoms with E-state index in [0.717, 1.165) is 31.6 Å². The zero-order valence-electron chi connectivity index (χ0n) is 12.3. The van der Waals surface area contributed by atoms with Crippen molar-refractivity contribution in [2.45, 2.75) is 51.1 Å². The Hall–Kier alpha value is -0.930. The highest BCUT2D eigenvalue weighted by atomic mass is 15.1. The van der Waals surface area contributed by atoms with Gasteiger partial charge in [0.2, 0.25) is 0 Å². The molecule has 0 aliphatic heterocycles. The van der Waals surface area contributed by atoms with Crippen molar-refractivity contribution in [3.63, 3.8) is 0 Å². The first kappa shape index (κ1) is 14.5. The Bertz CT molecular complexity index is 352. The molecule has 1 aliphatic carbocycles. The third kappa shape index (κ3) is 4.59. The summed E-state index contributed by atoms with van der Waals surface area (Å²) in [5, 5.41) is 3.65. The maximum Gasteiger partial charge on any atom is 0.0416 e. The molecule has 2 unspecified atom stereocenters. The molecule has 1 fully saturated rings. The molecular weight excluding hydrogens is 234 g/mol. The third-order valence-electron chi connectivity index (χ3n) is 4.16.